The molecule has 0 aliphatic carbocycles. The summed E-state index contributed by atoms with van der Waals surface area (Å²) in [5, 5.41) is 2.91. The number of nitrogens with one attached hydrogen (secondary N) is 1. The number of anilines is 2. The van der Waals surface area contributed by atoms with Crippen LogP contribution in [-0.2, 0) is 26.1 Å². The van der Waals surface area contributed by atoms with Crippen molar-refractivity contribution in [1.82, 2.24) is 5.32 Å². The standard InChI is InChI=1S/C23H31N3O4S/c1-4-22(26(31(3,28)29)21-7-5-6-18(2)16-21)23(27)24-17-19-8-10-20(11-9-19)25-12-14-30-15-13-25/h5-11,16,22H,4,12-15,17H2,1-3H3,(H,24,27)/t22-/m0/s1. The monoisotopic (exact) mass is 445 g/mol. The molecule has 1 N–H and O–H groups in total. The van der Waals surface area contributed by atoms with Crippen molar-refractivity contribution in [2.24, 2.45) is 0 Å². The minimum Gasteiger partial charge on any atom is -0.378 e. The summed E-state index contributed by atoms with van der Waals surface area (Å²) >= 11 is 0. The van der Waals surface area contributed by atoms with Crippen LogP contribution in [0.25, 0.3) is 0 Å². The number of carbonyl (C=O) groups excluding carboxylic acids is 1. The molecule has 2 aromatic rings. The van der Waals surface area contributed by atoms with Gasteiger partial charge in [0.05, 0.1) is 25.2 Å². The van der Waals surface area contributed by atoms with Crippen LogP contribution in [0.1, 0.15) is 24.5 Å². The van der Waals surface area contributed by atoms with Crippen molar-refractivity contribution < 1.29 is 17.9 Å². The molecule has 31 heavy (non-hydrogen) atoms. The van der Waals surface area contributed by atoms with Gasteiger partial charge in [-0.2, -0.15) is 0 Å². The van der Waals surface area contributed by atoms with Crippen LogP contribution in [0.2, 0.25) is 0 Å². The molecular formula is C23H31N3O4S. The van der Waals surface area contributed by atoms with Crippen molar-refractivity contribution in [3.05, 3.63) is 59.7 Å². The highest BCUT2D eigenvalue weighted by Gasteiger charge is 2.31. The topological polar surface area (TPSA) is 79.0 Å². The third kappa shape index (κ3) is 5.98. The fourth-order valence-corrected chi connectivity index (χ4v) is 4.98. The zero-order chi connectivity index (χ0) is 22.4. The zero-order valence-electron chi connectivity index (χ0n) is 18.4. The second kappa shape index (κ2) is 10.2. The van der Waals surface area contributed by atoms with Gasteiger partial charge in [-0.3, -0.25) is 9.10 Å². The van der Waals surface area contributed by atoms with Gasteiger partial charge in [0.15, 0.2) is 0 Å². The normalized spacial score (nSPS) is 15.4. The molecule has 1 heterocycles. The molecule has 7 nitrogen and oxygen atoms in total. The molecule has 0 radical (unpaired) electrons. The summed E-state index contributed by atoms with van der Waals surface area (Å²) in [7, 11) is -3.64. The molecule has 0 unspecified atom stereocenters. The molecular weight excluding hydrogens is 414 g/mol. The lowest BCUT2D eigenvalue weighted by atomic mass is 10.1. The van der Waals surface area contributed by atoms with Crippen LogP contribution in [0.15, 0.2) is 48.5 Å². The van der Waals surface area contributed by atoms with Gasteiger partial charge < -0.3 is 15.0 Å². The third-order valence-electron chi connectivity index (χ3n) is 5.37. The van der Waals surface area contributed by atoms with E-state index in [0.29, 0.717) is 18.7 Å². The number of aryl methyl sites for hydroxylation is 1. The zero-order valence-corrected chi connectivity index (χ0v) is 19.2. The molecule has 8 heteroatoms. The number of benzene rings is 2. The van der Waals surface area contributed by atoms with Crippen LogP contribution < -0.4 is 14.5 Å². The van der Waals surface area contributed by atoms with Gasteiger partial charge in [0.1, 0.15) is 6.04 Å². The predicted octanol–water partition coefficient (Wildman–Crippen LogP) is 2.69. The molecule has 1 aliphatic heterocycles. The summed E-state index contributed by atoms with van der Waals surface area (Å²) in [4.78, 5) is 15.2. The Kier molecular flexibility index (Phi) is 7.56. The first-order chi connectivity index (χ1) is 14.8. The molecule has 168 valence electrons. The highest BCUT2D eigenvalue weighted by molar-refractivity contribution is 7.92. The molecule has 0 aromatic heterocycles. The highest BCUT2D eigenvalue weighted by Crippen LogP contribution is 2.23. The van der Waals surface area contributed by atoms with E-state index in [2.05, 4.69) is 10.2 Å². The number of nitrogens with zero attached hydrogens (tertiary/aromatic N) is 2. The number of morpholine rings is 1. The fraction of sp³-hybridized carbons (Fsp3) is 0.435. The first-order valence-corrected chi connectivity index (χ1v) is 12.4. The van der Waals surface area contributed by atoms with E-state index in [9.17, 15) is 13.2 Å². The molecule has 3 rings (SSSR count). The minimum atomic E-state index is -3.64. The van der Waals surface area contributed by atoms with E-state index in [1.165, 1.54) is 4.31 Å². The van der Waals surface area contributed by atoms with Gasteiger partial charge in [-0.1, -0.05) is 31.2 Å². The number of hydrogen-bond acceptors (Lipinski definition) is 5. The second-order valence-electron chi connectivity index (χ2n) is 7.81. The van der Waals surface area contributed by atoms with Crippen LogP contribution in [0.4, 0.5) is 11.4 Å². The summed E-state index contributed by atoms with van der Waals surface area (Å²) in [6.07, 6.45) is 1.50. The molecule has 1 atom stereocenters. The van der Waals surface area contributed by atoms with Crippen LogP contribution in [0.3, 0.4) is 0 Å². The molecule has 1 aliphatic rings. The van der Waals surface area contributed by atoms with Gasteiger partial charge in [-0.05, 0) is 48.7 Å². The Balaban J connectivity index is 1.69. The molecule has 1 saturated heterocycles. The van der Waals surface area contributed by atoms with E-state index in [1.807, 2.05) is 44.2 Å². The van der Waals surface area contributed by atoms with E-state index in [4.69, 9.17) is 4.74 Å². The van der Waals surface area contributed by atoms with E-state index in [1.54, 1.807) is 18.2 Å². The molecule has 0 bridgehead atoms. The Morgan fingerprint density at radius 1 is 1.16 bits per heavy atom. The Bertz CT molecular complexity index is 986. The van der Waals surface area contributed by atoms with E-state index >= 15 is 0 Å². The fourth-order valence-electron chi connectivity index (χ4n) is 3.78. The Hall–Kier alpha value is -2.58. The maximum atomic E-state index is 13.0. The van der Waals surface area contributed by atoms with Crippen LogP contribution in [0.5, 0.6) is 0 Å². The summed E-state index contributed by atoms with van der Waals surface area (Å²) in [5.41, 5.74) is 3.52. The molecule has 1 amide bonds. The lowest BCUT2D eigenvalue weighted by molar-refractivity contribution is -0.122. The summed E-state index contributed by atoms with van der Waals surface area (Å²) in [5.74, 6) is -0.313. The van der Waals surface area contributed by atoms with Gasteiger partial charge >= 0.3 is 0 Å². The highest BCUT2D eigenvalue weighted by atomic mass is 32.2. The van der Waals surface area contributed by atoms with E-state index < -0.39 is 16.1 Å². The Morgan fingerprint density at radius 2 is 1.84 bits per heavy atom. The van der Waals surface area contributed by atoms with Crippen molar-refractivity contribution in [3.63, 3.8) is 0 Å². The summed E-state index contributed by atoms with van der Waals surface area (Å²) < 4.78 is 31.7. The van der Waals surface area contributed by atoms with Crippen LogP contribution in [-0.4, -0.2) is 52.9 Å². The Labute approximate surface area is 185 Å². The molecule has 1 fully saturated rings. The van der Waals surface area contributed by atoms with Crippen LogP contribution >= 0.6 is 0 Å². The first-order valence-electron chi connectivity index (χ1n) is 10.5. The van der Waals surface area contributed by atoms with E-state index in [-0.39, 0.29) is 5.91 Å². The van der Waals surface area contributed by atoms with Crippen LogP contribution in [0, 0.1) is 6.92 Å². The van der Waals surface area contributed by atoms with Crippen molar-refractivity contribution in [2.45, 2.75) is 32.9 Å². The smallest absolute Gasteiger partial charge is 0.244 e. The largest absolute Gasteiger partial charge is 0.378 e. The first kappa shape index (κ1) is 23.1. The van der Waals surface area contributed by atoms with Crippen molar-refractivity contribution >= 4 is 27.3 Å². The number of rotatable bonds is 8. The minimum absolute atomic E-state index is 0.313. The molecule has 0 spiro atoms. The second-order valence-corrected chi connectivity index (χ2v) is 9.66. The van der Waals surface area contributed by atoms with Gasteiger partial charge in [0.25, 0.3) is 0 Å². The number of sulfonamides is 1. The van der Waals surface area contributed by atoms with Gasteiger partial charge in [-0.25, -0.2) is 8.42 Å². The number of carbonyl (C=O) groups is 1. The average molecular weight is 446 g/mol. The maximum absolute atomic E-state index is 13.0. The van der Waals surface area contributed by atoms with Crippen molar-refractivity contribution in [1.29, 1.82) is 0 Å². The number of amides is 1. The number of hydrogen-bond donors (Lipinski definition) is 1. The molecule has 2 aromatic carbocycles. The average Bonchev–Trinajstić information content (AvgIpc) is 2.75. The summed E-state index contributed by atoms with van der Waals surface area (Å²) in [6.45, 7) is 7.25. The lowest BCUT2D eigenvalue weighted by Crippen LogP contribution is -2.49. The van der Waals surface area contributed by atoms with Gasteiger partial charge in [0.2, 0.25) is 15.9 Å². The SMILES string of the molecule is CC[C@@H](C(=O)NCc1ccc(N2CCOCC2)cc1)N(c1cccc(C)c1)S(C)(=O)=O. The van der Waals surface area contributed by atoms with E-state index in [0.717, 1.165) is 49.4 Å². The number of ether oxygens (including phenoxy) is 1. The maximum Gasteiger partial charge on any atom is 0.244 e. The quantitative estimate of drug-likeness (QED) is 0.676. The lowest BCUT2D eigenvalue weighted by Gasteiger charge is -2.30. The molecule has 0 saturated carbocycles. The third-order valence-corrected chi connectivity index (χ3v) is 6.55. The van der Waals surface area contributed by atoms with Crippen molar-refractivity contribution in [3.8, 4) is 0 Å². The predicted molar refractivity (Wildman–Crippen MR) is 124 cm³/mol. The van der Waals surface area contributed by atoms with Crippen molar-refractivity contribution in [2.75, 3.05) is 41.8 Å². The Morgan fingerprint density at radius 3 is 2.42 bits per heavy atom. The van der Waals surface area contributed by atoms with Gasteiger partial charge in [-0.15, -0.1) is 0 Å². The summed E-state index contributed by atoms with van der Waals surface area (Å²) in [6, 6.07) is 14.4. The van der Waals surface area contributed by atoms with Gasteiger partial charge in [0, 0.05) is 25.3 Å².